The van der Waals surface area contributed by atoms with E-state index < -0.39 is 17.7 Å². The minimum Gasteiger partial charge on any atom is -0.271 e. The fourth-order valence-corrected chi connectivity index (χ4v) is 2.50. The minimum atomic E-state index is -0.710. The van der Waals surface area contributed by atoms with Crippen LogP contribution in [0.3, 0.4) is 0 Å². The molecule has 1 unspecified atom stereocenters. The Kier molecular flexibility index (Phi) is 5.04. The average molecular weight is 290 g/mol. The smallest absolute Gasteiger partial charge is 0.131 e. The molecule has 3 N–H and O–H groups in total. The average Bonchev–Trinajstić information content (AvgIpc) is 2.42. The Balaban J connectivity index is 2.42. The lowest BCUT2D eigenvalue weighted by molar-refractivity contribution is 0.510. The van der Waals surface area contributed by atoms with Gasteiger partial charge in [-0.3, -0.25) is 5.84 Å². The molecule has 0 amide bonds. The standard InChI is InChI=1S/C17H20F2N2/c1-11(2)9-12-5-3-6-13(10-12)17(21-20)16-14(18)7-4-8-15(16)19/h3-8,10-11,17,21H,9,20H2,1-2H3. The Bertz CT molecular complexity index is 591. The van der Waals surface area contributed by atoms with Crippen LogP contribution in [-0.4, -0.2) is 0 Å². The van der Waals surface area contributed by atoms with E-state index in [1.165, 1.54) is 18.2 Å². The largest absolute Gasteiger partial charge is 0.271 e. The third kappa shape index (κ3) is 3.65. The molecule has 1 atom stereocenters. The van der Waals surface area contributed by atoms with E-state index >= 15 is 0 Å². The molecule has 0 aliphatic rings. The number of hydrogen-bond acceptors (Lipinski definition) is 2. The van der Waals surface area contributed by atoms with Crippen molar-refractivity contribution in [1.29, 1.82) is 0 Å². The van der Waals surface area contributed by atoms with Crippen LogP contribution in [0.1, 0.15) is 36.6 Å². The van der Waals surface area contributed by atoms with E-state index in [0.717, 1.165) is 17.5 Å². The molecule has 21 heavy (non-hydrogen) atoms. The Morgan fingerprint density at radius 2 is 1.67 bits per heavy atom. The zero-order valence-corrected chi connectivity index (χ0v) is 12.2. The highest BCUT2D eigenvalue weighted by Gasteiger charge is 2.21. The summed E-state index contributed by atoms with van der Waals surface area (Å²) in [6, 6.07) is 10.8. The van der Waals surface area contributed by atoms with Gasteiger partial charge >= 0.3 is 0 Å². The summed E-state index contributed by atoms with van der Waals surface area (Å²) >= 11 is 0. The van der Waals surface area contributed by atoms with Crippen molar-refractivity contribution in [2.24, 2.45) is 11.8 Å². The SMILES string of the molecule is CC(C)Cc1cccc(C(NN)c2c(F)cccc2F)c1. The monoisotopic (exact) mass is 290 g/mol. The lowest BCUT2D eigenvalue weighted by Crippen LogP contribution is -2.30. The Hall–Kier alpha value is -1.78. The maximum Gasteiger partial charge on any atom is 0.131 e. The number of nitrogens with two attached hydrogens (primary N) is 1. The summed E-state index contributed by atoms with van der Waals surface area (Å²) in [4.78, 5) is 0. The van der Waals surface area contributed by atoms with Gasteiger partial charge in [-0.2, -0.15) is 0 Å². The Morgan fingerprint density at radius 3 is 2.24 bits per heavy atom. The molecule has 0 aromatic heterocycles. The molecule has 2 aromatic carbocycles. The normalized spacial score (nSPS) is 12.7. The van der Waals surface area contributed by atoms with Crippen molar-refractivity contribution in [1.82, 2.24) is 5.43 Å². The fourth-order valence-electron chi connectivity index (χ4n) is 2.50. The van der Waals surface area contributed by atoms with Crippen molar-refractivity contribution < 1.29 is 8.78 Å². The first-order valence-corrected chi connectivity index (χ1v) is 7.01. The third-order valence-corrected chi connectivity index (χ3v) is 3.38. The van der Waals surface area contributed by atoms with Gasteiger partial charge < -0.3 is 0 Å². The van der Waals surface area contributed by atoms with Crippen LogP contribution in [0.2, 0.25) is 0 Å². The van der Waals surface area contributed by atoms with Crippen LogP contribution in [0.25, 0.3) is 0 Å². The number of benzene rings is 2. The van der Waals surface area contributed by atoms with Gasteiger partial charge in [-0.05, 0) is 35.6 Å². The van der Waals surface area contributed by atoms with Gasteiger partial charge in [0.05, 0.1) is 6.04 Å². The van der Waals surface area contributed by atoms with E-state index in [1.54, 1.807) is 0 Å². The molecule has 0 fully saturated rings. The molecular formula is C17H20F2N2. The van der Waals surface area contributed by atoms with Crippen molar-refractivity contribution in [3.63, 3.8) is 0 Å². The molecule has 0 saturated heterocycles. The topological polar surface area (TPSA) is 38.0 Å². The molecule has 2 rings (SSSR count). The van der Waals surface area contributed by atoms with E-state index in [-0.39, 0.29) is 5.56 Å². The zero-order valence-electron chi connectivity index (χ0n) is 12.2. The number of hydrogen-bond donors (Lipinski definition) is 2. The molecule has 2 nitrogen and oxygen atoms in total. The summed E-state index contributed by atoms with van der Waals surface area (Å²) in [5, 5.41) is 0. The first-order valence-electron chi connectivity index (χ1n) is 7.01. The molecule has 0 saturated carbocycles. The molecule has 0 heterocycles. The van der Waals surface area contributed by atoms with E-state index in [2.05, 4.69) is 19.3 Å². The van der Waals surface area contributed by atoms with Gasteiger partial charge in [0.25, 0.3) is 0 Å². The van der Waals surface area contributed by atoms with E-state index in [1.807, 2.05) is 24.3 Å². The van der Waals surface area contributed by atoms with Crippen LogP contribution in [-0.2, 0) is 6.42 Å². The quantitative estimate of drug-likeness (QED) is 0.650. The Labute approximate surface area is 124 Å². The van der Waals surface area contributed by atoms with Crippen molar-refractivity contribution >= 4 is 0 Å². The number of hydrazine groups is 1. The number of halogens is 2. The molecular weight excluding hydrogens is 270 g/mol. The highest BCUT2D eigenvalue weighted by molar-refractivity contribution is 5.35. The van der Waals surface area contributed by atoms with Crippen LogP contribution < -0.4 is 11.3 Å². The summed E-state index contributed by atoms with van der Waals surface area (Å²) < 4.78 is 27.9. The third-order valence-electron chi connectivity index (χ3n) is 3.38. The predicted molar refractivity (Wildman–Crippen MR) is 80.5 cm³/mol. The van der Waals surface area contributed by atoms with Gasteiger partial charge in [0, 0.05) is 5.56 Å². The van der Waals surface area contributed by atoms with Crippen LogP contribution in [0.5, 0.6) is 0 Å². The second-order valence-electron chi connectivity index (χ2n) is 5.58. The van der Waals surface area contributed by atoms with Crippen LogP contribution in [0.15, 0.2) is 42.5 Å². The minimum absolute atomic E-state index is 0.0540. The fraction of sp³-hybridized carbons (Fsp3) is 0.294. The van der Waals surface area contributed by atoms with Gasteiger partial charge in [-0.1, -0.05) is 44.2 Å². The van der Waals surface area contributed by atoms with E-state index in [9.17, 15) is 8.78 Å². The number of rotatable bonds is 5. The van der Waals surface area contributed by atoms with Gasteiger partial charge in [0.15, 0.2) is 0 Å². The highest BCUT2D eigenvalue weighted by Crippen LogP contribution is 2.27. The second-order valence-corrected chi connectivity index (χ2v) is 5.58. The van der Waals surface area contributed by atoms with E-state index in [4.69, 9.17) is 5.84 Å². The van der Waals surface area contributed by atoms with Crippen LogP contribution in [0, 0.1) is 17.6 Å². The zero-order chi connectivity index (χ0) is 15.4. The van der Waals surface area contributed by atoms with Crippen molar-refractivity contribution in [2.45, 2.75) is 26.3 Å². The summed E-state index contributed by atoms with van der Waals surface area (Å²) in [7, 11) is 0. The van der Waals surface area contributed by atoms with Gasteiger partial charge in [-0.15, -0.1) is 0 Å². The van der Waals surface area contributed by atoms with Crippen LogP contribution in [0.4, 0.5) is 8.78 Å². The lowest BCUT2D eigenvalue weighted by atomic mass is 9.94. The van der Waals surface area contributed by atoms with Crippen molar-refractivity contribution in [3.8, 4) is 0 Å². The maximum atomic E-state index is 13.9. The van der Waals surface area contributed by atoms with Crippen molar-refractivity contribution in [3.05, 3.63) is 70.8 Å². The van der Waals surface area contributed by atoms with Gasteiger partial charge in [0.2, 0.25) is 0 Å². The molecule has 112 valence electrons. The van der Waals surface area contributed by atoms with Crippen LogP contribution >= 0.6 is 0 Å². The summed E-state index contributed by atoms with van der Waals surface area (Å²) in [6.07, 6.45) is 0.908. The molecule has 0 aliphatic heterocycles. The molecule has 0 radical (unpaired) electrons. The number of nitrogens with one attached hydrogen (secondary N) is 1. The summed E-state index contributed by atoms with van der Waals surface area (Å²) in [5.41, 5.74) is 4.34. The highest BCUT2D eigenvalue weighted by atomic mass is 19.1. The first kappa shape index (κ1) is 15.6. The van der Waals surface area contributed by atoms with E-state index in [0.29, 0.717) is 5.92 Å². The van der Waals surface area contributed by atoms with Gasteiger partial charge in [0.1, 0.15) is 11.6 Å². The summed E-state index contributed by atoms with van der Waals surface area (Å²) in [6.45, 7) is 4.25. The molecule has 2 aromatic rings. The second kappa shape index (κ2) is 6.78. The molecule has 0 aliphatic carbocycles. The first-order chi connectivity index (χ1) is 10.0. The Morgan fingerprint density at radius 1 is 1.05 bits per heavy atom. The summed E-state index contributed by atoms with van der Waals surface area (Å²) in [5.74, 6) is 4.84. The predicted octanol–water partition coefficient (Wildman–Crippen LogP) is 3.72. The maximum absolute atomic E-state index is 13.9. The molecule has 0 spiro atoms. The van der Waals surface area contributed by atoms with Crippen molar-refractivity contribution in [2.75, 3.05) is 0 Å². The molecule has 4 heteroatoms. The molecule has 0 bridgehead atoms. The lowest BCUT2D eigenvalue weighted by Gasteiger charge is -2.19. The van der Waals surface area contributed by atoms with Gasteiger partial charge in [-0.25, -0.2) is 14.2 Å².